The van der Waals surface area contributed by atoms with Gasteiger partial charge < -0.3 is 9.47 Å². The van der Waals surface area contributed by atoms with Gasteiger partial charge in [-0.3, -0.25) is 10.1 Å². The van der Waals surface area contributed by atoms with E-state index >= 15 is 0 Å². The Labute approximate surface area is 148 Å². The number of hydrogen-bond donors (Lipinski definition) is 1. The molecule has 3 rings (SSSR count). The van der Waals surface area contributed by atoms with Crippen LogP contribution in [0.25, 0.3) is 0 Å². The molecule has 3 heterocycles. The maximum Gasteiger partial charge on any atom is 0.259 e. The molecule has 2 aromatic rings. The van der Waals surface area contributed by atoms with Gasteiger partial charge in [-0.1, -0.05) is 30.0 Å². The zero-order chi connectivity index (χ0) is 16.8. The Bertz CT molecular complexity index is 672. The van der Waals surface area contributed by atoms with Crippen LogP contribution in [0.2, 0.25) is 0 Å². The Hall–Kier alpha value is -1.71. The van der Waals surface area contributed by atoms with Crippen LogP contribution in [-0.4, -0.2) is 46.2 Å². The number of carbonyl (C=O) groups is 1. The van der Waals surface area contributed by atoms with E-state index in [0.717, 1.165) is 22.9 Å². The van der Waals surface area contributed by atoms with E-state index in [-0.39, 0.29) is 12.0 Å². The molecule has 9 heteroatoms. The summed E-state index contributed by atoms with van der Waals surface area (Å²) in [6.07, 6.45) is 3.35. The van der Waals surface area contributed by atoms with Gasteiger partial charge in [-0.05, 0) is 11.8 Å². The molecule has 1 fully saturated rings. The smallest absolute Gasteiger partial charge is 0.259 e. The lowest BCUT2D eigenvalue weighted by atomic mass is 10.1. The molecule has 0 aliphatic carbocycles. The molecule has 0 saturated carbocycles. The van der Waals surface area contributed by atoms with Crippen molar-refractivity contribution in [3.8, 4) is 5.88 Å². The molecule has 0 radical (unpaired) electrons. The Morgan fingerprint density at radius 2 is 2.25 bits per heavy atom. The number of rotatable bonds is 6. The quantitative estimate of drug-likeness (QED) is 0.621. The van der Waals surface area contributed by atoms with Crippen molar-refractivity contribution in [3.63, 3.8) is 0 Å². The highest BCUT2D eigenvalue weighted by atomic mass is 32.2. The number of hydrogen-bond acceptors (Lipinski definition) is 8. The van der Waals surface area contributed by atoms with Crippen molar-refractivity contribution >= 4 is 34.1 Å². The molecule has 0 aromatic carbocycles. The van der Waals surface area contributed by atoms with Crippen molar-refractivity contribution in [1.82, 2.24) is 15.2 Å². The summed E-state index contributed by atoms with van der Waals surface area (Å²) in [5.41, 5.74) is 0.453. The molecule has 2 aromatic heterocycles. The third kappa shape index (κ3) is 4.65. The second-order valence-electron chi connectivity index (χ2n) is 5.07. The second-order valence-corrected chi connectivity index (χ2v) is 7.56. The summed E-state index contributed by atoms with van der Waals surface area (Å²) in [5.74, 6) is 1.18. The predicted molar refractivity (Wildman–Crippen MR) is 93.0 cm³/mol. The lowest BCUT2D eigenvalue weighted by molar-refractivity contribution is 0.0237. The molecule has 24 heavy (non-hydrogen) atoms. The minimum Gasteiger partial charge on any atom is -0.474 e. The number of amides is 1. The monoisotopic (exact) mass is 366 g/mol. The van der Waals surface area contributed by atoms with Crippen LogP contribution in [0.1, 0.15) is 30.1 Å². The van der Waals surface area contributed by atoms with Gasteiger partial charge in [0.05, 0.1) is 18.8 Å². The predicted octanol–water partition coefficient (Wildman–Crippen LogP) is 2.86. The lowest BCUT2D eigenvalue weighted by Gasteiger charge is -2.22. The number of thioether (sulfide) groups is 1. The van der Waals surface area contributed by atoms with Gasteiger partial charge in [0.25, 0.3) is 5.91 Å². The van der Waals surface area contributed by atoms with Gasteiger partial charge in [-0.2, -0.15) is 0 Å². The third-order valence-corrected chi connectivity index (χ3v) is 5.20. The number of nitrogens with one attached hydrogen (secondary N) is 1. The van der Waals surface area contributed by atoms with Crippen molar-refractivity contribution < 1.29 is 14.3 Å². The van der Waals surface area contributed by atoms with Gasteiger partial charge in [0.15, 0.2) is 4.34 Å². The average Bonchev–Trinajstić information content (AvgIpc) is 3.04. The van der Waals surface area contributed by atoms with Crippen molar-refractivity contribution in [2.75, 3.05) is 24.3 Å². The van der Waals surface area contributed by atoms with Crippen LogP contribution >= 0.6 is 23.1 Å². The normalized spacial score (nSPS) is 15.2. The fraction of sp³-hybridized carbons (Fsp3) is 0.467. The first-order valence-electron chi connectivity index (χ1n) is 7.72. The van der Waals surface area contributed by atoms with Gasteiger partial charge in [0.1, 0.15) is 6.10 Å². The summed E-state index contributed by atoms with van der Waals surface area (Å²) >= 11 is 2.95. The molecule has 1 saturated heterocycles. The van der Waals surface area contributed by atoms with E-state index in [0.29, 0.717) is 29.8 Å². The van der Waals surface area contributed by atoms with Crippen LogP contribution in [0, 0.1) is 0 Å². The Morgan fingerprint density at radius 1 is 1.42 bits per heavy atom. The molecule has 0 atom stereocenters. The van der Waals surface area contributed by atoms with Gasteiger partial charge in [-0.15, -0.1) is 10.2 Å². The molecule has 1 aliphatic heterocycles. The first-order chi connectivity index (χ1) is 11.7. The number of pyridine rings is 1. The molecule has 1 N–H and O–H groups in total. The van der Waals surface area contributed by atoms with Gasteiger partial charge >= 0.3 is 0 Å². The Morgan fingerprint density at radius 3 is 2.96 bits per heavy atom. The minimum absolute atomic E-state index is 0.127. The van der Waals surface area contributed by atoms with E-state index in [1.54, 1.807) is 23.9 Å². The van der Waals surface area contributed by atoms with E-state index < -0.39 is 0 Å². The molecule has 7 nitrogen and oxygen atoms in total. The lowest BCUT2D eigenvalue weighted by Crippen LogP contribution is -2.26. The highest BCUT2D eigenvalue weighted by Crippen LogP contribution is 2.25. The standard InChI is InChI=1S/C15H18N4O3S2/c1-2-23-15-19-18-14(24-15)17-13(20)10-3-4-12(16-9-10)22-11-5-7-21-8-6-11/h3-4,9,11H,2,5-8H2,1H3,(H,17,18,20). The molecule has 1 amide bonds. The number of anilines is 1. The minimum atomic E-state index is -0.260. The zero-order valence-electron chi connectivity index (χ0n) is 13.2. The first kappa shape index (κ1) is 17.1. The number of ether oxygens (including phenoxy) is 2. The largest absolute Gasteiger partial charge is 0.474 e. The topological polar surface area (TPSA) is 86.2 Å². The Balaban J connectivity index is 1.56. The van der Waals surface area contributed by atoms with Gasteiger partial charge in [0, 0.05) is 25.1 Å². The van der Waals surface area contributed by atoms with Gasteiger partial charge in [0.2, 0.25) is 11.0 Å². The van der Waals surface area contributed by atoms with Crippen LogP contribution in [0.15, 0.2) is 22.7 Å². The zero-order valence-corrected chi connectivity index (χ0v) is 14.9. The van der Waals surface area contributed by atoms with E-state index in [1.165, 1.54) is 17.5 Å². The summed E-state index contributed by atoms with van der Waals surface area (Å²) in [6, 6.07) is 3.41. The third-order valence-electron chi connectivity index (χ3n) is 3.35. The van der Waals surface area contributed by atoms with Gasteiger partial charge in [-0.25, -0.2) is 4.98 Å². The summed E-state index contributed by atoms with van der Waals surface area (Å²) < 4.78 is 11.9. The van der Waals surface area contributed by atoms with E-state index in [9.17, 15) is 4.79 Å². The molecule has 0 unspecified atom stereocenters. The van der Waals surface area contributed by atoms with Crippen LogP contribution in [-0.2, 0) is 4.74 Å². The fourth-order valence-corrected chi connectivity index (χ4v) is 3.80. The summed E-state index contributed by atoms with van der Waals surface area (Å²) in [6.45, 7) is 3.47. The van der Waals surface area contributed by atoms with Crippen molar-refractivity contribution in [2.24, 2.45) is 0 Å². The number of nitrogens with zero attached hydrogens (tertiary/aromatic N) is 3. The molecular weight excluding hydrogens is 348 g/mol. The van der Waals surface area contributed by atoms with Crippen molar-refractivity contribution in [3.05, 3.63) is 23.9 Å². The molecular formula is C15H18N4O3S2. The van der Waals surface area contributed by atoms with Crippen LogP contribution in [0.3, 0.4) is 0 Å². The van der Waals surface area contributed by atoms with Crippen molar-refractivity contribution in [2.45, 2.75) is 30.2 Å². The molecule has 128 valence electrons. The fourth-order valence-electron chi connectivity index (χ4n) is 2.16. The molecule has 0 spiro atoms. The van der Waals surface area contributed by atoms with Crippen LogP contribution in [0.4, 0.5) is 5.13 Å². The van der Waals surface area contributed by atoms with Crippen LogP contribution < -0.4 is 10.1 Å². The average molecular weight is 366 g/mol. The first-order valence-corrected chi connectivity index (χ1v) is 9.53. The molecule has 0 bridgehead atoms. The summed E-state index contributed by atoms with van der Waals surface area (Å²) in [7, 11) is 0. The van der Waals surface area contributed by atoms with Crippen LogP contribution in [0.5, 0.6) is 5.88 Å². The maximum absolute atomic E-state index is 12.2. The van der Waals surface area contributed by atoms with E-state index in [1.807, 2.05) is 6.92 Å². The second kappa shape index (κ2) is 8.41. The highest BCUT2D eigenvalue weighted by Gasteiger charge is 2.16. The SMILES string of the molecule is CCSc1nnc(NC(=O)c2ccc(OC3CCOCC3)nc2)s1. The maximum atomic E-state index is 12.2. The van der Waals surface area contributed by atoms with Crippen molar-refractivity contribution in [1.29, 1.82) is 0 Å². The van der Waals surface area contributed by atoms with E-state index in [4.69, 9.17) is 9.47 Å². The summed E-state index contributed by atoms with van der Waals surface area (Å²) in [4.78, 5) is 16.4. The summed E-state index contributed by atoms with van der Waals surface area (Å²) in [5, 5.41) is 11.2. The number of aromatic nitrogens is 3. The number of carbonyl (C=O) groups excluding carboxylic acids is 1. The molecule has 1 aliphatic rings. The van der Waals surface area contributed by atoms with E-state index in [2.05, 4.69) is 20.5 Å². The highest BCUT2D eigenvalue weighted by molar-refractivity contribution is 8.01. The Kier molecular flexibility index (Phi) is 6.00.